The van der Waals surface area contributed by atoms with Crippen LogP contribution >= 0.6 is 0 Å². The Hall–Kier alpha value is -2.44. The maximum atomic E-state index is 13.2. The Balaban J connectivity index is 1.33. The molecule has 2 saturated heterocycles. The number of nitrogens with one attached hydrogen (secondary N) is 1. The van der Waals surface area contributed by atoms with Gasteiger partial charge in [0.2, 0.25) is 11.8 Å². The maximum absolute atomic E-state index is 13.2. The molecule has 3 fully saturated rings. The second-order valence-electron chi connectivity index (χ2n) is 9.68. The Morgan fingerprint density at radius 3 is 2.19 bits per heavy atom. The van der Waals surface area contributed by atoms with Crippen molar-refractivity contribution < 1.29 is 18.8 Å². The van der Waals surface area contributed by atoms with Crippen molar-refractivity contribution in [2.75, 3.05) is 26.2 Å². The number of hydrogen-bond donors (Lipinski definition) is 1. The van der Waals surface area contributed by atoms with Crippen LogP contribution in [0, 0.1) is 23.1 Å². The molecule has 1 aromatic carbocycles. The lowest BCUT2D eigenvalue weighted by molar-refractivity contribution is -0.136. The first-order chi connectivity index (χ1) is 14.8. The van der Waals surface area contributed by atoms with E-state index in [9.17, 15) is 18.8 Å². The molecule has 3 aliphatic rings. The monoisotopic (exact) mass is 429 g/mol. The zero-order valence-electron chi connectivity index (χ0n) is 18.4. The molecule has 0 radical (unpaired) electrons. The molecule has 0 aromatic heterocycles. The zero-order valence-corrected chi connectivity index (χ0v) is 18.4. The van der Waals surface area contributed by atoms with Crippen molar-refractivity contribution in [1.82, 2.24) is 15.1 Å². The normalized spacial score (nSPS) is 23.2. The van der Waals surface area contributed by atoms with Crippen LogP contribution in [0.15, 0.2) is 24.3 Å². The van der Waals surface area contributed by atoms with E-state index in [0.717, 1.165) is 45.2 Å². The van der Waals surface area contributed by atoms with Gasteiger partial charge in [0, 0.05) is 37.7 Å². The van der Waals surface area contributed by atoms with E-state index in [0.29, 0.717) is 24.6 Å². The molecule has 1 saturated carbocycles. The van der Waals surface area contributed by atoms with Crippen molar-refractivity contribution in [3.8, 4) is 0 Å². The second kappa shape index (κ2) is 8.60. The smallest absolute Gasteiger partial charge is 0.251 e. The molecule has 2 atom stereocenters. The largest absolute Gasteiger partial charge is 0.342 e. The quantitative estimate of drug-likeness (QED) is 0.783. The number of hydrogen-bond acceptors (Lipinski definition) is 3. The fraction of sp³-hybridized carbons (Fsp3) is 0.625. The van der Waals surface area contributed by atoms with E-state index >= 15 is 0 Å². The lowest BCUT2D eigenvalue weighted by Crippen LogP contribution is -2.53. The van der Waals surface area contributed by atoms with Crippen LogP contribution in [0.1, 0.15) is 56.3 Å². The van der Waals surface area contributed by atoms with E-state index < -0.39 is 11.9 Å². The number of likely N-dealkylation sites (tertiary alicyclic amines) is 2. The highest BCUT2D eigenvalue weighted by Gasteiger charge is 2.59. The number of carbonyl (C=O) groups is 3. The summed E-state index contributed by atoms with van der Waals surface area (Å²) in [5, 5.41) is 2.84. The standard InChI is InChI=1S/C24H32FN3O3/c1-16(2)20(26-21(29)17-5-7-18(25)8-6-17)23(31)28-13-9-24(10-14-28)15-19(24)22(30)27-11-3-4-12-27/h5-8,16,19-20H,3-4,9-15H2,1-2H3,(H,26,29)/t19-,20-/m0/s1. The Morgan fingerprint density at radius 1 is 1.00 bits per heavy atom. The highest BCUT2D eigenvalue weighted by atomic mass is 19.1. The molecule has 1 aromatic rings. The predicted molar refractivity (Wildman–Crippen MR) is 115 cm³/mol. The van der Waals surface area contributed by atoms with Gasteiger partial charge in [-0.1, -0.05) is 13.8 Å². The third-order valence-corrected chi connectivity index (χ3v) is 7.30. The zero-order chi connectivity index (χ0) is 22.2. The lowest BCUT2D eigenvalue weighted by Gasteiger charge is -2.36. The minimum absolute atomic E-state index is 0.0706. The molecule has 6 nitrogen and oxygen atoms in total. The summed E-state index contributed by atoms with van der Waals surface area (Å²) in [5.74, 6) is -0.497. The molecule has 4 rings (SSSR count). The molecule has 0 unspecified atom stereocenters. The molecule has 7 heteroatoms. The van der Waals surface area contributed by atoms with Crippen LogP contribution in [-0.4, -0.2) is 59.7 Å². The summed E-state index contributed by atoms with van der Waals surface area (Å²) >= 11 is 0. The van der Waals surface area contributed by atoms with Crippen LogP contribution in [-0.2, 0) is 9.59 Å². The van der Waals surface area contributed by atoms with Crippen LogP contribution < -0.4 is 5.32 Å². The van der Waals surface area contributed by atoms with Gasteiger partial charge in [0.25, 0.3) is 5.91 Å². The molecule has 31 heavy (non-hydrogen) atoms. The summed E-state index contributed by atoms with van der Waals surface area (Å²) in [4.78, 5) is 42.3. The number of halogens is 1. The molecular formula is C24H32FN3O3. The minimum Gasteiger partial charge on any atom is -0.342 e. The topological polar surface area (TPSA) is 69.7 Å². The summed E-state index contributed by atoms with van der Waals surface area (Å²) in [6, 6.07) is 4.68. The predicted octanol–water partition coefficient (Wildman–Crippen LogP) is 2.83. The van der Waals surface area contributed by atoms with E-state index in [1.54, 1.807) is 0 Å². The molecule has 168 valence electrons. The fourth-order valence-corrected chi connectivity index (χ4v) is 5.12. The molecule has 1 spiro atoms. The molecule has 1 aliphatic carbocycles. The molecular weight excluding hydrogens is 397 g/mol. The summed E-state index contributed by atoms with van der Waals surface area (Å²) in [6.45, 7) is 6.84. The Morgan fingerprint density at radius 2 is 1.61 bits per heavy atom. The van der Waals surface area contributed by atoms with Gasteiger partial charge in [0.05, 0.1) is 0 Å². The average Bonchev–Trinajstić information content (AvgIpc) is 3.18. The van der Waals surface area contributed by atoms with Gasteiger partial charge in [0.1, 0.15) is 11.9 Å². The van der Waals surface area contributed by atoms with E-state index in [1.807, 2.05) is 23.6 Å². The van der Waals surface area contributed by atoms with Crippen LogP contribution in [0.25, 0.3) is 0 Å². The van der Waals surface area contributed by atoms with Gasteiger partial charge >= 0.3 is 0 Å². The van der Waals surface area contributed by atoms with Crippen molar-refractivity contribution in [3.05, 3.63) is 35.6 Å². The van der Waals surface area contributed by atoms with Crippen molar-refractivity contribution in [2.24, 2.45) is 17.3 Å². The molecule has 2 aliphatic heterocycles. The van der Waals surface area contributed by atoms with Crippen molar-refractivity contribution >= 4 is 17.7 Å². The summed E-state index contributed by atoms with van der Waals surface area (Å²) in [5.41, 5.74) is 0.403. The first kappa shape index (κ1) is 21.8. The van der Waals surface area contributed by atoms with Crippen molar-refractivity contribution in [2.45, 2.75) is 52.0 Å². The maximum Gasteiger partial charge on any atom is 0.251 e. The number of piperidine rings is 1. The summed E-state index contributed by atoms with van der Waals surface area (Å²) < 4.78 is 13.1. The SMILES string of the molecule is CC(C)[C@H](NC(=O)c1ccc(F)cc1)C(=O)N1CCC2(CC1)C[C@H]2C(=O)N1CCCC1. The molecule has 2 heterocycles. The summed E-state index contributed by atoms with van der Waals surface area (Å²) in [7, 11) is 0. The Labute approximate surface area is 183 Å². The van der Waals surface area contributed by atoms with E-state index in [4.69, 9.17) is 0 Å². The number of carbonyl (C=O) groups excluding carboxylic acids is 3. The molecule has 3 amide bonds. The van der Waals surface area contributed by atoms with E-state index in [2.05, 4.69) is 5.32 Å². The third-order valence-electron chi connectivity index (χ3n) is 7.30. The van der Waals surface area contributed by atoms with Crippen LogP contribution in [0.3, 0.4) is 0 Å². The van der Waals surface area contributed by atoms with Gasteiger partial charge in [-0.3, -0.25) is 14.4 Å². The number of rotatable bonds is 5. The van der Waals surface area contributed by atoms with E-state index in [-0.39, 0.29) is 29.1 Å². The van der Waals surface area contributed by atoms with Crippen LogP contribution in [0.5, 0.6) is 0 Å². The van der Waals surface area contributed by atoms with Crippen LogP contribution in [0.2, 0.25) is 0 Å². The Kier molecular flexibility index (Phi) is 6.04. The third kappa shape index (κ3) is 4.46. The number of nitrogens with zero attached hydrogens (tertiary/aromatic N) is 2. The van der Waals surface area contributed by atoms with Crippen LogP contribution in [0.4, 0.5) is 4.39 Å². The molecule has 1 N–H and O–H groups in total. The summed E-state index contributed by atoms with van der Waals surface area (Å²) in [6.07, 6.45) is 4.85. The van der Waals surface area contributed by atoms with E-state index in [1.165, 1.54) is 24.3 Å². The Bertz CT molecular complexity index is 840. The highest BCUT2D eigenvalue weighted by molar-refractivity contribution is 5.97. The van der Waals surface area contributed by atoms with Crippen molar-refractivity contribution in [1.29, 1.82) is 0 Å². The minimum atomic E-state index is -0.632. The number of benzene rings is 1. The van der Waals surface area contributed by atoms with Gasteiger partial charge in [-0.25, -0.2) is 4.39 Å². The average molecular weight is 430 g/mol. The fourth-order valence-electron chi connectivity index (χ4n) is 5.12. The van der Waals surface area contributed by atoms with Gasteiger partial charge < -0.3 is 15.1 Å². The highest BCUT2D eigenvalue weighted by Crippen LogP contribution is 2.60. The number of amides is 3. The molecule has 0 bridgehead atoms. The first-order valence-electron chi connectivity index (χ1n) is 11.4. The van der Waals surface area contributed by atoms with Gasteiger partial charge in [-0.05, 0) is 67.7 Å². The van der Waals surface area contributed by atoms with Gasteiger partial charge in [-0.15, -0.1) is 0 Å². The lowest BCUT2D eigenvalue weighted by atomic mass is 9.89. The van der Waals surface area contributed by atoms with Gasteiger partial charge in [0.15, 0.2) is 0 Å². The first-order valence-corrected chi connectivity index (χ1v) is 11.4. The second-order valence-corrected chi connectivity index (χ2v) is 9.68. The van der Waals surface area contributed by atoms with Crippen molar-refractivity contribution in [3.63, 3.8) is 0 Å². The van der Waals surface area contributed by atoms with Gasteiger partial charge in [-0.2, -0.15) is 0 Å².